The molecule has 0 saturated heterocycles. The summed E-state index contributed by atoms with van der Waals surface area (Å²) in [6, 6.07) is 5.85. The van der Waals surface area contributed by atoms with Gasteiger partial charge in [0.2, 0.25) is 4.77 Å². The van der Waals surface area contributed by atoms with Gasteiger partial charge in [-0.15, -0.1) is 0 Å². The average molecular weight is 347 g/mol. The highest BCUT2D eigenvalue weighted by Gasteiger charge is 2.08. The quantitative estimate of drug-likeness (QED) is 0.391. The zero-order valence-electron chi connectivity index (χ0n) is 14.8. The number of H-pyrrole nitrogens is 1. The number of hydrogen-bond donors (Lipinski definition) is 1. The number of rotatable bonds is 12. The number of aromatic amines is 1. The molecule has 2 aromatic heterocycles. The zero-order chi connectivity index (χ0) is 17.0. The Morgan fingerprint density at radius 2 is 1.62 bits per heavy atom. The van der Waals surface area contributed by atoms with Gasteiger partial charge < -0.3 is 0 Å². The molecular weight excluding hydrogens is 316 g/mol. The van der Waals surface area contributed by atoms with E-state index in [9.17, 15) is 0 Å². The fourth-order valence-electron chi connectivity index (χ4n) is 2.99. The summed E-state index contributed by atoms with van der Waals surface area (Å²) in [5.74, 6) is 1.83. The Morgan fingerprint density at radius 1 is 0.958 bits per heavy atom. The number of nitrogens with zero attached hydrogens (tertiary/aromatic N) is 3. The molecule has 0 atom stereocenters. The molecule has 0 spiro atoms. The monoisotopic (exact) mass is 346 g/mol. The van der Waals surface area contributed by atoms with E-state index in [-0.39, 0.29) is 0 Å². The summed E-state index contributed by atoms with van der Waals surface area (Å²) in [5, 5.41) is 7.27. The van der Waals surface area contributed by atoms with Crippen LogP contribution >= 0.6 is 12.2 Å². The van der Waals surface area contributed by atoms with Gasteiger partial charge in [0.1, 0.15) is 11.6 Å². The van der Waals surface area contributed by atoms with Crippen molar-refractivity contribution in [1.82, 2.24) is 19.7 Å². The number of aromatic nitrogens is 4. The topological polar surface area (TPSA) is 46.5 Å². The third-order valence-corrected chi connectivity index (χ3v) is 4.65. The van der Waals surface area contributed by atoms with Crippen molar-refractivity contribution in [2.24, 2.45) is 0 Å². The van der Waals surface area contributed by atoms with Gasteiger partial charge in [-0.05, 0) is 30.8 Å². The first-order valence-corrected chi connectivity index (χ1v) is 9.81. The zero-order valence-corrected chi connectivity index (χ0v) is 15.7. The lowest BCUT2D eigenvalue weighted by Gasteiger charge is -2.05. The molecule has 1 N–H and O–H groups in total. The lowest BCUT2D eigenvalue weighted by molar-refractivity contribution is 0.553. The van der Waals surface area contributed by atoms with Crippen LogP contribution < -0.4 is 0 Å². The summed E-state index contributed by atoms with van der Waals surface area (Å²) >= 11 is 5.34. The highest BCUT2D eigenvalue weighted by Crippen LogP contribution is 2.13. The maximum Gasteiger partial charge on any atom is 0.201 e. The molecule has 0 amide bonds. The summed E-state index contributed by atoms with van der Waals surface area (Å²) in [4.78, 5) is 4.38. The molecule has 0 bridgehead atoms. The largest absolute Gasteiger partial charge is 0.255 e. The Labute approximate surface area is 150 Å². The molecule has 0 saturated carbocycles. The fourth-order valence-corrected chi connectivity index (χ4v) is 3.23. The predicted molar refractivity (Wildman–Crippen MR) is 102 cm³/mol. The molecule has 0 aliphatic rings. The second-order valence-electron chi connectivity index (χ2n) is 6.40. The van der Waals surface area contributed by atoms with Crippen molar-refractivity contribution < 1.29 is 0 Å². The first kappa shape index (κ1) is 18.8. The highest BCUT2D eigenvalue weighted by atomic mass is 32.1. The Kier molecular flexibility index (Phi) is 8.74. The molecule has 2 heterocycles. The van der Waals surface area contributed by atoms with Gasteiger partial charge in [0, 0.05) is 12.6 Å². The Morgan fingerprint density at radius 3 is 2.25 bits per heavy atom. The lowest BCUT2D eigenvalue weighted by Crippen LogP contribution is -2.03. The van der Waals surface area contributed by atoms with Gasteiger partial charge in [0.15, 0.2) is 0 Å². The second kappa shape index (κ2) is 11.1. The van der Waals surface area contributed by atoms with Crippen molar-refractivity contribution >= 4 is 12.2 Å². The fraction of sp³-hybridized carbons (Fsp3) is 0.632. The Hall–Kier alpha value is -1.49. The normalized spacial score (nSPS) is 11.0. The standard InChI is InChI=1S/C19H30N4S/c1-2-3-4-5-6-7-8-9-10-11-15-18-21-22-19(24)23(18)17-14-12-13-16-20-17/h12-14,16H,2-11,15H2,1H3,(H,22,24). The second-order valence-corrected chi connectivity index (χ2v) is 6.79. The van der Waals surface area contributed by atoms with E-state index in [0.29, 0.717) is 4.77 Å². The average Bonchev–Trinajstić information content (AvgIpc) is 2.98. The lowest BCUT2D eigenvalue weighted by atomic mass is 10.1. The summed E-state index contributed by atoms with van der Waals surface area (Å²) in [7, 11) is 0. The van der Waals surface area contributed by atoms with Crippen molar-refractivity contribution in [2.75, 3.05) is 0 Å². The minimum atomic E-state index is 0.621. The van der Waals surface area contributed by atoms with Crippen LogP contribution in [0.25, 0.3) is 5.82 Å². The van der Waals surface area contributed by atoms with Crippen LogP contribution in [0.3, 0.4) is 0 Å². The van der Waals surface area contributed by atoms with Gasteiger partial charge >= 0.3 is 0 Å². The van der Waals surface area contributed by atoms with Crippen LogP contribution in [0.2, 0.25) is 0 Å². The minimum Gasteiger partial charge on any atom is -0.255 e. The van der Waals surface area contributed by atoms with E-state index in [1.54, 1.807) is 6.20 Å². The van der Waals surface area contributed by atoms with Crippen LogP contribution in [-0.2, 0) is 6.42 Å². The molecule has 2 rings (SSSR count). The molecule has 0 aliphatic heterocycles. The molecule has 0 unspecified atom stereocenters. The molecule has 0 aromatic carbocycles. The van der Waals surface area contributed by atoms with Crippen molar-refractivity contribution in [2.45, 2.75) is 77.6 Å². The SMILES string of the molecule is CCCCCCCCCCCCc1n[nH]c(=S)n1-c1ccccn1. The molecule has 24 heavy (non-hydrogen) atoms. The molecule has 0 aliphatic carbocycles. The van der Waals surface area contributed by atoms with Crippen LogP contribution in [0.4, 0.5) is 0 Å². The van der Waals surface area contributed by atoms with Gasteiger partial charge in [-0.1, -0.05) is 70.8 Å². The van der Waals surface area contributed by atoms with E-state index in [0.717, 1.165) is 24.5 Å². The van der Waals surface area contributed by atoms with E-state index in [1.165, 1.54) is 57.8 Å². The van der Waals surface area contributed by atoms with Gasteiger partial charge in [-0.3, -0.25) is 9.67 Å². The smallest absolute Gasteiger partial charge is 0.201 e. The number of pyridine rings is 1. The molecule has 2 aromatic rings. The van der Waals surface area contributed by atoms with Crippen molar-refractivity contribution in [3.05, 3.63) is 35.0 Å². The van der Waals surface area contributed by atoms with Crippen LogP contribution in [0.5, 0.6) is 0 Å². The van der Waals surface area contributed by atoms with E-state index in [4.69, 9.17) is 12.2 Å². The molecule has 132 valence electrons. The van der Waals surface area contributed by atoms with Gasteiger partial charge in [0.05, 0.1) is 0 Å². The van der Waals surface area contributed by atoms with Crippen LogP contribution in [-0.4, -0.2) is 19.7 Å². The van der Waals surface area contributed by atoms with Gasteiger partial charge in [-0.25, -0.2) is 4.98 Å². The molecular formula is C19H30N4S. The van der Waals surface area contributed by atoms with Crippen molar-refractivity contribution in [1.29, 1.82) is 0 Å². The number of aryl methyl sites for hydroxylation is 1. The Bertz CT molecular complexity index is 618. The minimum absolute atomic E-state index is 0.621. The summed E-state index contributed by atoms with van der Waals surface area (Å²) in [6.07, 6.45) is 16.2. The summed E-state index contributed by atoms with van der Waals surface area (Å²) < 4.78 is 2.57. The maximum absolute atomic E-state index is 5.34. The molecule has 4 nitrogen and oxygen atoms in total. The third-order valence-electron chi connectivity index (χ3n) is 4.37. The van der Waals surface area contributed by atoms with Crippen LogP contribution in [0.1, 0.15) is 77.0 Å². The molecule has 0 radical (unpaired) electrons. The van der Waals surface area contributed by atoms with Crippen molar-refractivity contribution in [3.63, 3.8) is 0 Å². The van der Waals surface area contributed by atoms with Crippen molar-refractivity contribution in [3.8, 4) is 5.82 Å². The first-order chi connectivity index (χ1) is 11.8. The Balaban J connectivity index is 1.66. The van der Waals surface area contributed by atoms with E-state index in [2.05, 4.69) is 22.1 Å². The predicted octanol–water partition coefficient (Wildman–Crippen LogP) is 5.79. The third kappa shape index (κ3) is 6.19. The first-order valence-electron chi connectivity index (χ1n) is 9.40. The summed E-state index contributed by atoms with van der Waals surface area (Å²) in [6.45, 7) is 2.27. The number of hydrogen-bond acceptors (Lipinski definition) is 3. The van der Waals surface area contributed by atoms with Gasteiger partial charge in [-0.2, -0.15) is 5.10 Å². The number of nitrogens with one attached hydrogen (secondary N) is 1. The van der Waals surface area contributed by atoms with E-state index < -0.39 is 0 Å². The van der Waals surface area contributed by atoms with Crippen LogP contribution in [0.15, 0.2) is 24.4 Å². The highest BCUT2D eigenvalue weighted by molar-refractivity contribution is 7.71. The van der Waals surface area contributed by atoms with Gasteiger partial charge in [0.25, 0.3) is 0 Å². The van der Waals surface area contributed by atoms with E-state index in [1.807, 2.05) is 22.8 Å². The molecule has 0 fully saturated rings. The summed E-state index contributed by atoms with van der Waals surface area (Å²) in [5.41, 5.74) is 0. The van der Waals surface area contributed by atoms with E-state index >= 15 is 0 Å². The van der Waals surface area contributed by atoms with Crippen LogP contribution in [0, 0.1) is 4.77 Å². The number of unbranched alkanes of at least 4 members (excludes halogenated alkanes) is 9. The molecule has 5 heteroatoms. The maximum atomic E-state index is 5.34.